The minimum atomic E-state index is -1.34. The molecule has 1 aliphatic heterocycles. The third kappa shape index (κ3) is 2.47. The van der Waals surface area contributed by atoms with Crippen LogP contribution in [0.15, 0.2) is 42.5 Å². The highest BCUT2D eigenvalue weighted by Gasteiger charge is 2.36. The van der Waals surface area contributed by atoms with Gasteiger partial charge in [0.25, 0.3) is 5.91 Å². The molecule has 0 saturated carbocycles. The van der Waals surface area contributed by atoms with Crippen molar-refractivity contribution in [3.8, 4) is 0 Å². The summed E-state index contributed by atoms with van der Waals surface area (Å²) in [6.45, 7) is 0. The van der Waals surface area contributed by atoms with E-state index in [1.165, 1.54) is 6.07 Å². The zero-order valence-electron chi connectivity index (χ0n) is 11.1. The Morgan fingerprint density at radius 1 is 1.09 bits per heavy atom. The molecule has 1 aliphatic rings. The van der Waals surface area contributed by atoms with E-state index in [0.717, 1.165) is 0 Å². The summed E-state index contributed by atoms with van der Waals surface area (Å²) >= 11 is 11.8. The zero-order chi connectivity index (χ0) is 15.9. The van der Waals surface area contributed by atoms with E-state index < -0.39 is 12.0 Å². The van der Waals surface area contributed by atoms with Gasteiger partial charge in [-0.25, -0.2) is 9.69 Å². The van der Waals surface area contributed by atoms with Crippen LogP contribution in [0.2, 0.25) is 10.0 Å². The van der Waals surface area contributed by atoms with Crippen LogP contribution in [-0.4, -0.2) is 17.1 Å². The molecule has 1 heterocycles. The Kier molecular flexibility index (Phi) is 3.64. The van der Waals surface area contributed by atoms with Crippen molar-refractivity contribution in [2.45, 2.75) is 0 Å². The molecule has 0 radical (unpaired) electrons. The lowest BCUT2D eigenvalue weighted by Crippen LogP contribution is -2.31. The average Bonchev–Trinajstić information content (AvgIpc) is 2.71. The van der Waals surface area contributed by atoms with Gasteiger partial charge < -0.3 is 5.11 Å². The lowest BCUT2D eigenvalue weighted by Gasteiger charge is -2.09. The van der Waals surface area contributed by atoms with Crippen LogP contribution in [0.25, 0.3) is 11.6 Å². The van der Waals surface area contributed by atoms with Crippen LogP contribution in [0.5, 0.6) is 0 Å². The number of amides is 2. The largest absolute Gasteiger partial charge is 0.464 e. The first-order valence-electron chi connectivity index (χ1n) is 6.32. The standard InChI is InChI=1S/C16H9Cl2NO3/c17-10-3-1-2-9(6-10)7-13-12-5-4-11(18)8-14(12)19(15(13)20)16(21)22/h1-8H,(H,21,22)/b13-7+. The first kappa shape index (κ1) is 14.6. The van der Waals surface area contributed by atoms with Crippen molar-refractivity contribution < 1.29 is 14.7 Å². The molecule has 110 valence electrons. The highest BCUT2D eigenvalue weighted by molar-refractivity contribution is 6.42. The van der Waals surface area contributed by atoms with E-state index in [-0.39, 0.29) is 11.3 Å². The van der Waals surface area contributed by atoms with Crippen molar-refractivity contribution in [3.63, 3.8) is 0 Å². The fourth-order valence-electron chi connectivity index (χ4n) is 2.36. The number of hydrogen-bond donors (Lipinski definition) is 1. The van der Waals surface area contributed by atoms with Gasteiger partial charge in [-0.15, -0.1) is 0 Å². The van der Waals surface area contributed by atoms with E-state index >= 15 is 0 Å². The number of hydrogen-bond acceptors (Lipinski definition) is 2. The van der Waals surface area contributed by atoms with Gasteiger partial charge in [-0.1, -0.05) is 41.4 Å². The van der Waals surface area contributed by atoms with Gasteiger partial charge in [0.05, 0.1) is 11.3 Å². The molecule has 0 fully saturated rings. The maximum Gasteiger partial charge on any atom is 0.419 e. The van der Waals surface area contributed by atoms with E-state index in [9.17, 15) is 14.7 Å². The van der Waals surface area contributed by atoms with Gasteiger partial charge in [-0.05, 0) is 35.9 Å². The average molecular weight is 334 g/mol. The van der Waals surface area contributed by atoms with E-state index in [1.54, 1.807) is 42.5 Å². The molecule has 0 atom stereocenters. The van der Waals surface area contributed by atoms with E-state index in [0.29, 0.717) is 26.1 Å². The molecule has 6 heteroatoms. The van der Waals surface area contributed by atoms with Crippen LogP contribution in [0, 0.1) is 0 Å². The van der Waals surface area contributed by atoms with Crippen LogP contribution in [0.4, 0.5) is 10.5 Å². The van der Waals surface area contributed by atoms with Crippen molar-refractivity contribution >= 4 is 52.5 Å². The molecule has 0 spiro atoms. The lowest BCUT2D eigenvalue weighted by molar-refractivity contribution is -0.112. The van der Waals surface area contributed by atoms with Gasteiger partial charge in [0, 0.05) is 15.6 Å². The van der Waals surface area contributed by atoms with Gasteiger partial charge >= 0.3 is 6.09 Å². The molecule has 0 saturated heterocycles. The molecule has 0 bridgehead atoms. The first-order chi connectivity index (χ1) is 10.5. The molecule has 4 nitrogen and oxygen atoms in total. The Labute approximate surface area is 136 Å². The smallest absolute Gasteiger partial charge is 0.419 e. The highest BCUT2D eigenvalue weighted by Crippen LogP contribution is 2.39. The molecule has 3 rings (SSSR count). The van der Waals surface area contributed by atoms with Gasteiger partial charge in [-0.2, -0.15) is 0 Å². The summed E-state index contributed by atoms with van der Waals surface area (Å²) in [5, 5.41) is 10.2. The summed E-state index contributed by atoms with van der Waals surface area (Å²) in [4.78, 5) is 24.4. The summed E-state index contributed by atoms with van der Waals surface area (Å²) < 4.78 is 0. The van der Waals surface area contributed by atoms with Crippen LogP contribution in [0.1, 0.15) is 11.1 Å². The molecule has 0 aromatic heterocycles. The molecule has 1 N–H and O–H groups in total. The van der Waals surface area contributed by atoms with Crippen molar-refractivity contribution in [2.24, 2.45) is 0 Å². The monoisotopic (exact) mass is 333 g/mol. The molecule has 22 heavy (non-hydrogen) atoms. The summed E-state index contributed by atoms with van der Waals surface area (Å²) in [7, 11) is 0. The molecule has 0 aliphatic carbocycles. The second-order valence-corrected chi connectivity index (χ2v) is 5.57. The lowest BCUT2D eigenvalue weighted by atomic mass is 10.0. The molecule has 0 unspecified atom stereocenters. The fraction of sp³-hybridized carbons (Fsp3) is 0. The minimum Gasteiger partial charge on any atom is -0.464 e. The number of anilines is 1. The van der Waals surface area contributed by atoms with Gasteiger partial charge in [0.1, 0.15) is 0 Å². The highest BCUT2D eigenvalue weighted by atomic mass is 35.5. The predicted octanol–water partition coefficient (Wildman–Crippen LogP) is 4.56. The van der Waals surface area contributed by atoms with Crippen molar-refractivity contribution in [1.29, 1.82) is 0 Å². The molecule has 2 amide bonds. The maximum atomic E-state index is 12.4. The maximum absolute atomic E-state index is 12.4. The van der Waals surface area contributed by atoms with Crippen molar-refractivity contribution in [2.75, 3.05) is 4.90 Å². The van der Waals surface area contributed by atoms with Crippen LogP contribution >= 0.6 is 23.2 Å². The number of carboxylic acid groups (broad SMARTS) is 1. The second kappa shape index (κ2) is 5.48. The predicted molar refractivity (Wildman–Crippen MR) is 86.3 cm³/mol. The summed E-state index contributed by atoms with van der Waals surface area (Å²) in [5.74, 6) is -0.607. The summed E-state index contributed by atoms with van der Waals surface area (Å²) in [6.07, 6.45) is 0.271. The van der Waals surface area contributed by atoms with E-state index in [2.05, 4.69) is 0 Å². The normalized spacial score (nSPS) is 15.3. The Morgan fingerprint density at radius 3 is 2.50 bits per heavy atom. The van der Waals surface area contributed by atoms with Gasteiger partial charge in [-0.3, -0.25) is 4.79 Å². The molecular formula is C16H9Cl2NO3. The number of nitrogens with zero attached hydrogens (tertiary/aromatic N) is 1. The molecular weight excluding hydrogens is 325 g/mol. The number of fused-ring (bicyclic) bond motifs is 1. The van der Waals surface area contributed by atoms with Crippen molar-refractivity contribution in [3.05, 3.63) is 63.6 Å². The first-order valence-corrected chi connectivity index (χ1v) is 7.07. The topological polar surface area (TPSA) is 57.6 Å². The van der Waals surface area contributed by atoms with Crippen molar-refractivity contribution in [1.82, 2.24) is 0 Å². The number of benzene rings is 2. The van der Waals surface area contributed by atoms with Gasteiger partial charge in [0.2, 0.25) is 0 Å². The summed E-state index contributed by atoms with van der Waals surface area (Å²) in [5.41, 5.74) is 1.79. The van der Waals surface area contributed by atoms with Crippen LogP contribution < -0.4 is 4.90 Å². The van der Waals surface area contributed by atoms with Crippen LogP contribution in [0.3, 0.4) is 0 Å². The fourth-order valence-corrected chi connectivity index (χ4v) is 2.72. The number of halogens is 2. The number of carbonyl (C=O) groups is 2. The quantitative estimate of drug-likeness (QED) is 0.778. The third-order valence-corrected chi connectivity index (χ3v) is 3.75. The molecule has 2 aromatic rings. The summed E-state index contributed by atoms with van der Waals surface area (Å²) in [6, 6.07) is 11.7. The number of carbonyl (C=O) groups excluding carboxylic acids is 1. The Morgan fingerprint density at radius 2 is 1.82 bits per heavy atom. The SMILES string of the molecule is O=C(O)N1C(=O)/C(=C/c2cccc(Cl)c2)c2ccc(Cl)cc21. The minimum absolute atomic E-state index is 0.262. The second-order valence-electron chi connectivity index (χ2n) is 4.70. The number of imide groups is 1. The Balaban J connectivity index is 2.18. The Bertz CT molecular complexity index is 830. The third-order valence-electron chi connectivity index (χ3n) is 3.28. The Hall–Kier alpha value is -2.30. The zero-order valence-corrected chi connectivity index (χ0v) is 12.6. The van der Waals surface area contributed by atoms with Gasteiger partial charge in [0.15, 0.2) is 0 Å². The molecule has 2 aromatic carbocycles. The van der Waals surface area contributed by atoms with E-state index in [1.807, 2.05) is 0 Å². The van der Waals surface area contributed by atoms with E-state index in [4.69, 9.17) is 23.2 Å². The van der Waals surface area contributed by atoms with Crippen LogP contribution in [-0.2, 0) is 4.79 Å². The number of rotatable bonds is 1.